The van der Waals surface area contributed by atoms with Crippen molar-refractivity contribution in [3.8, 4) is 5.75 Å². The molecule has 3 aromatic rings. The molecule has 0 saturated heterocycles. The van der Waals surface area contributed by atoms with Gasteiger partial charge in [-0.2, -0.15) is 0 Å². The van der Waals surface area contributed by atoms with Crippen LogP contribution in [0.2, 0.25) is 0 Å². The highest BCUT2D eigenvalue weighted by Crippen LogP contribution is 2.23. The van der Waals surface area contributed by atoms with Crippen molar-refractivity contribution in [2.75, 3.05) is 12.4 Å². The van der Waals surface area contributed by atoms with Crippen LogP contribution >= 0.6 is 15.9 Å². The lowest BCUT2D eigenvalue weighted by atomic mass is 10.1. The molecule has 1 aromatic heterocycles. The fourth-order valence-corrected chi connectivity index (χ4v) is 2.74. The highest BCUT2D eigenvalue weighted by atomic mass is 79.9. The minimum atomic E-state index is 0.736. The van der Waals surface area contributed by atoms with Gasteiger partial charge in [0.25, 0.3) is 0 Å². The molecule has 0 saturated carbocycles. The minimum absolute atomic E-state index is 0.736. The Balaban J connectivity index is 0.000000791. The van der Waals surface area contributed by atoms with E-state index in [1.54, 1.807) is 7.11 Å². The monoisotopic (exact) mass is 416 g/mol. The van der Waals surface area contributed by atoms with Crippen molar-refractivity contribution in [2.24, 2.45) is 0 Å². The van der Waals surface area contributed by atoms with Crippen LogP contribution < -0.4 is 10.1 Å². The van der Waals surface area contributed by atoms with Gasteiger partial charge in [0.05, 0.1) is 12.6 Å². The number of ether oxygens (including phenoxy) is 1. The maximum Gasteiger partial charge on any atom is 0.129 e. The SMILES string of the molecule is CC.CC.COc1ccc(CNc2nc3ccc(Br)cc3cc2C)cc1. The summed E-state index contributed by atoms with van der Waals surface area (Å²) in [5, 5.41) is 4.55. The standard InChI is InChI=1S/C18H17BrN2O.2C2H6/c1-12-9-14-10-15(19)5-8-17(14)21-18(12)20-11-13-3-6-16(22-2)7-4-13;2*1-2/h3-10H,11H2,1-2H3,(H,20,21);2*1-2H3. The number of hydrogen-bond acceptors (Lipinski definition) is 3. The van der Waals surface area contributed by atoms with Crippen molar-refractivity contribution >= 4 is 32.7 Å². The van der Waals surface area contributed by atoms with Gasteiger partial charge in [0.2, 0.25) is 0 Å². The van der Waals surface area contributed by atoms with Crippen molar-refractivity contribution < 1.29 is 4.74 Å². The van der Waals surface area contributed by atoms with Crippen LogP contribution in [0.25, 0.3) is 10.9 Å². The molecule has 0 amide bonds. The van der Waals surface area contributed by atoms with Gasteiger partial charge in [-0.1, -0.05) is 55.8 Å². The van der Waals surface area contributed by atoms with E-state index in [-0.39, 0.29) is 0 Å². The van der Waals surface area contributed by atoms with Crippen LogP contribution in [0.15, 0.2) is 53.0 Å². The van der Waals surface area contributed by atoms with Crippen LogP contribution in [-0.4, -0.2) is 12.1 Å². The second-order valence-corrected chi connectivity index (χ2v) is 6.11. The summed E-state index contributed by atoms with van der Waals surface area (Å²) >= 11 is 3.49. The van der Waals surface area contributed by atoms with Gasteiger partial charge in [0.15, 0.2) is 0 Å². The van der Waals surface area contributed by atoms with Gasteiger partial charge >= 0.3 is 0 Å². The Bertz CT molecular complexity index is 801. The molecular weight excluding hydrogens is 388 g/mol. The number of rotatable bonds is 4. The normalized spacial score (nSPS) is 9.50. The number of hydrogen-bond donors (Lipinski definition) is 1. The van der Waals surface area contributed by atoms with Crippen LogP contribution in [0.3, 0.4) is 0 Å². The number of aromatic nitrogens is 1. The Labute approximate surface area is 165 Å². The third-order valence-electron chi connectivity index (χ3n) is 3.59. The lowest BCUT2D eigenvalue weighted by Gasteiger charge is -2.11. The van der Waals surface area contributed by atoms with Gasteiger partial charge in [-0.15, -0.1) is 0 Å². The quantitative estimate of drug-likeness (QED) is 0.497. The summed E-state index contributed by atoms with van der Waals surface area (Å²) in [7, 11) is 1.67. The van der Waals surface area contributed by atoms with Crippen molar-refractivity contribution in [1.82, 2.24) is 4.98 Å². The second kappa shape index (κ2) is 11.5. The number of fused-ring (bicyclic) bond motifs is 1. The molecule has 0 atom stereocenters. The summed E-state index contributed by atoms with van der Waals surface area (Å²) < 4.78 is 6.24. The van der Waals surface area contributed by atoms with Crippen LogP contribution in [0, 0.1) is 6.92 Å². The molecular formula is C22H29BrN2O. The molecule has 0 bridgehead atoms. The first-order valence-electron chi connectivity index (χ1n) is 9.09. The predicted octanol–water partition coefficient (Wildman–Crippen LogP) is 6.98. The number of nitrogens with one attached hydrogen (secondary N) is 1. The molecule has 4 heteroatoms. The second-order valence-electron chi connectivity index (χ2n) is 5.19. The summed E-state index contributed by atoms with van der Waals surface area (Å²) in [6.07, 6.45) is 0. The number of benzene rings is 2. The molecule has 2 aromatic carbocycles. The summed E-state index contributed by atoms with van der Waals surface area (Å²) in [6.45, 7) is 10.8. The van der Waals surface area contributed by atoms with E-state index in [1.165, 1.54) is 5.56 Å². The molecule has 1 N–H and O–H groups in total. The smallest absolute Gasteiger partial charge is 0.129 e. The molecule has 0 aliphatic rings. The summed E-state index contributed by atoms with van der Waals surface area (Å²) in [5.41, 5.74) is 3.32. The number of nitrogens with zero attached hydrogens (tertiary/aromatic N) is 1. The molecule has 1 heterocycles. The van der Waals surface area contributed by atoms with Crippen molar-refractivity contribution in [1.29, 1.82) is 0 Å². The number of halogens is 1. The number of anilines is 1. The Morgan fingerprint density at radius 1 is 0.962 bits per heavy atom. The van der Waals surface area contributed by atoms with Gasteiger partial charge < -0.3 is 10.1 Å². The summed E-state index contributed by atoms with van der Waals surface area (Å²) in [4.78, 5) is 4.71. The maximum absolute atomic E-state index is 5.17. The van der Waals surface area contributed by atoms with E-state index >= 15 is 0 Å². The average molecular weight is 417 g/mol. The van der Waals surface area contributed by atoms with Gasteiger partial charge in [0.1, 0.15) is 11.6 Å². The van der Waals surface area contributed by atoms with Crippen LogP contribution in [0.1, 0.15) is 38.8 Å². The highest BCUT2D eigenvalue weighted by Gasteiger charge is 2.04. The van der Waals surface area contributed by atoms with Crippen LogP contribution in [0.5, 0.6) is 5.75 Å². The topological polar surface area (TPSA) is 34.1 Å². The summed E-state index contributed by atoms with van der Waals surface area (Å²) in [6, 6.07) is 16.3. The van der Waals surface area contributed by atoms with Gasteiger partial charge in [-0.3, -0.25) is 0 Å². The molecule has 3 rings (SSSR count). The minimum Gasteiger partial charge on any atom is -0.497 e. The Morgan fingerprint density at radius 3 is 2.23 bits per heavy atom. The van der Waals surface area contributed by atoms with Gasteiger partial charge in [-0.25, -0.2) is 4.98 Å². The van der Waals surface area contributed by atoms with E-state index < -0.39 is 0 Å². The Hall–Kier alpha value is -2.07. The zero-order valence-electron chi connectivity index (χ0n) is 16.6. The lowest BCUT2D eigenvalue weighted by Crippen LogP contribution is -2.03. The Morgan fingerprint density at radius 2 is 1.62 bits per heavy atom. The number of pyridine rings is 1. The van der Waals surface area contributed by atoms with E-state index in [0.717, 1.165) is 39.1 Å². The molecule has 26 heavy (non-hydrogen) atoms. The van der Waals surface area contributed by atoms with E-state index in [0.29, 0.717) is 0 Å². The maximum atomic E-state index is 5.17. The number of methoxy groups -OCH3 is 1. The largest absolute Gasteiger partial charge is 0.497 e. The fourth-order valence-electron chi connectivity index (χ4n) is 2.36. The first-order chi connectivity index (χ1) is 12.7. The molecule has 0 unspecified atom stereocenters. The first kappa shape index (κ1) is 22.0. The van der Waals surface area contributed by atoms with Gasteiger partial charge in [-0.05, 0) is 54.4 Å². The molecule has 0 aliphatic carbocycles. The molecule has 0 fully saturated rings. The summed E-state index contributed by atoms with van der Waals surface area (Å²) in [5.74, 6) is 1.79. The zero-order chi connectivity index (χ0) is 19.5. The molecule has 0 radical (unpaired) electrons. The van der Waals surface area contributed by atoms with Crippen molar-refractivity contribution in [3.05, 3.63) is 64.1 Å². The first-order valence-corrected chi connectivity index (χ1v) is 9.89. The van der Waals surface area contributed by atoms with Crippen LogP contribution in [-0.2, 0) is 6.54 Å². The van der Waals surface area contributed by atoms with Crippen LogP contribution in [0.4, 0.5) is 5.82 Å². The molecule has 0 aliphatic heterocycles. The Kier molecular flexibility index (Phi) is 9.74. The third kappa shape index (κ3) is 6.03. The van der Waals surface area contributed by atoms with Crippen molar-refractivity contribution in [2.45, 2.75) is 41.2 Å². The van der Waals surface area contributed by atoms with E-state index in [1.807, 2.05) is 52.0 Å². The third-order valence-corrected chi connectivity index (χ3v) is 4.08. The molecule has 140 valence electrons. The van der Waals surface area contributed by atoms with E-state index in [9.17, 15) is 0 Å². The molecule has 3 nitrogen and oxygen atoms in total. The van der Waals surface area contributed by atoms with Crippen molar-refractivity contribution in [3.63, 3.8) is 0 Å². The number of aryl methyl sites for hydroxylation is 1. The van der Waals surface area contributed by atoms with Gasteiger partial charge in [0, 0.05) is 16.4 Å². The highest BCUT2D eigenvalue weighted by molar-refractivity contribution is 9.10. The zero-order valence-corrected chi connectivity index (χ0v) is 18.1. The molecule has 0 spiro atoms. The van der Waals surface area contributed by atoms with E-state index in [2.05, 4.69) is 52.4 Å². The van der Waals surface area contributed by atoms with E-state index in [4.69, 9.17) is 9.72 Å². The fraction of sp³-hybridized carbons (Fsp3) is 0.318. The predicted molar refractivity (Wildman–Crippen MR) is 117 cm³/mol. The average Bonchev–Trinajstić information content (AvgIpc) is 2.70. The lowest BCUT2D eigenvalue weighted by molar-refractivity contribution is 0.414.